The van der Waals surface area contributed by atoms with E-state index in [1.165, 1.54) is 12.8 Å². The van der Waals surface area contributed by atoms with Crippen LogP contribution in [0.25, 0.3) is 0 Å². The second-order valence-corrected chi connectivity index (χ2v) is 6.18. The van der Waals surface area contributed by atoms with Crippen LogP contribution in [0.2, 0.25) is 0 Å². The Balaban J connectivity index is 1.45. The van der Waals surface area contributed by atoms with Crippen molar-refractivity contribution >= 4 is 5.91 Å². The first kappa shape index (κ1) is 14.3. The monoisotopic (exact) mass is 282 g/mol. The SMILES string of the molecule is O=C(CN1CCC2(CC1)OCCO2)N1CCCCCC1. The normalized spacial score (nSPS) is 27.7. The Labute approximate surface area is 121 Å². The molecular weight excluding hydrogens is 256 g/mol. The number of hydrogen-bond acceptors (Lipinski definition) is 4. The van der Waals surface area contributed by atoms with Gasteiger partial charge in [0.25, 0.3) is 0 Å². The molecule has 0 aromatic heterocycles. The van der Waals surface area contributed by atoms with Crippen molar-refractivity contribution in [2.24, 2.45) is 0 Å². The first-order valence-corrected chi connectivity index (χ1v) is 8.06. The first-order chi connectivity index (χ1) is 9.77. The van der Waals surface area contributed by atoms with Crippen LogP contribution in [0, 0.1) is 0 Å². The number of ether oxygens (including phenoxy) is 2. The largest absolute Gasteiger partial charge is 0.347 e. The lowest BCUT2D eigenvalue weighted by Crippen LogP contribution is -2.48. The molecule has 0 aliphatic carbocycles. The predicted molar refractivity (Wildman–Crippen MR) is 75.4 cm³/mol. The van der Waals surface area contributed by atoms with Gasteiger partial charge in [0.2, 0.25) is 5.91 Å². The number of nitrogens with zero attached hydrogens (tertiary/aromatic N) is 2. The maximum Gasteiger partial charge on any atom is 0.236 e. The van der Waals surface area contributed by atoms with Gasteiger partial charge in [-0.25, -0.2) is 0 Å². The van der Waals surface area contributed by atoms with Gasteiger partial charge in [0.1, 0.15) is 0 Å². The number of piperidine rings is 1. The second-order valence-electron chi connectivity index (χ2n) is 6.18. The van der Waals surface area contributed by atoms with Crippen molar-refractivity contribution in [1.82, 2.24) is 9.80 Å². The lowest BCUT2D eigenvalue weighted by atomic mass is 10.0. The zero-order valence-corrected chi connectivity index (χ0v) is 12.3. The van der Waals surface area contributed by atoms with Crippen LogP contribution in [-0.4, -0.2) is 67.4 Å². The Kier molecular flexibility index (Phi) is 4.58. The lowest BCUT2D eigenvalue weighted by molar-refractivity contribution is -0.186. The number of rotatable bonds is 2. The Morgan fingerprint density at radius 2 is 1.50 bits per heavy atom. The smallest absolute Gasteiger partial charge is 0.236 e. The van der Waals surface area contributed by atoms with Crippen LogP contribution in [-0.2, 0) is 14.3 Å². The van der Waals surface area contributed by atoms with Crippen LogP contribution < -0.4 is 0 Å². The summed E-state index contributed by atoms with van der Waals surface area (Å²) in [7, 11) is 0. The third-order valence-corrected chi connectivity index (χ3v) is 4.75. The van der Waals surface area contributed by atoms with Crippen molar-refractivity contribution in [3.05, 3.63) is 0 Å². The molecule has 0 bridgehead atoms. The van der Waals surface area contributed by atoms with Crippen LogP contribution in [0.3, 0.4) is 0 Å². The lowest BCUT2D eigenvalue weighted by Gasteiger charge is -2.37. The highest BCUT2D eigenvalue weighted by Crippen LogP contribution is 2.31. The van der Waals surface area contributed by atoms with Crippen molar-refractivity contribution in [3.63, 3.8) is 0 Å². The topological polar surface area (TPSA) is 42.0 Å². The Morgan fingerprint density at radius 3 is 2.10 bits per heavy atom. The molecule has 0 atom stereocenters. The van der Waals surface area contributed by atoms with Crippen LogP contribution in [0.4, 0.5) is 0 Å². The molecule has 3 fully saturated rings. The van der Waals surface area contributed by atoms with E-state index in [1.807, 2.05) is 0 Å². The van der Waals surface area contributed by atoms with Crippen LogP contribution in [0.15, 0.2) is 0 Å². The molecule has 3 saturated heterocycles. The summed E-state index contributed by atoms with van der Waals surface area (Å²) < 4.78 is 11.4. The molecule has 1 spiro atoms. The maximum atomic E-state index is 12.4. The predicted octanol–water partition coefficient (Wildman–Crippen LogP) is 1.23. The summed E-state index contributed by atoms with van der Waals surface area (Å²) in [5, 5.41) is 0. The van der Waals surface area contributed by atoms with Crippen molar-refractivity contribution in [2.75, 3.05) is 45.9 Å². The third-order valence-electron chi connectivity index (χ3n) is 4.75. The van der Waals surface area contributed by atoms with Crippen molar-refractivity contribution in [2.45, 2.75) is 44.3 Å². The molecule has 114 valence electrons. The quantitative estimate of drug-likeness (QED) is 0.764. The summed E-state index contributed by atoms with van der Waals surface area (Å²) in [4.78, 5) is 16.7. The van der Waals surface area contributed by atoms with E-state index < -0.39 is 0 Å². The number of carbonyl (C=O) groups is 1. The molecule has 0 aromatic rings. The zero-order valence-electron chi connectivity index (χ0n) is 12.3. The van der Waals surface area contributed by atoms with E-state index in [-0.39, 0.29) is 5.79 Å². The standard InChI is InChI=1S/C15H26N2O3/c18-14(17-7-3-1-2-4-8-17)13-16-9-5-15(6-10-16)19-11-12-20-15/h1-13H2. The van der Waals surface area contributed by atoms with E-state index >= 15 is 0 Å². The number of carbonyl (C=O) groups excluding carboxylic acids is 1. The maximum absolute atomic E-state index is 12.4. The number of amides is 1. The van der Waals surface area contributed by atoms with E-state index in [9.17, 15) is 4.79 Å². The molecule has 1 amide bonds. The van der Waals surface area contributed by atoms with Gasteiger partial charge in [-0.1, -0.05) is 12.8 Å². The highest BCUT2D eigenvalue weighted by molar-refractivity contribution is 5.78. The highest BCUT2D eigenvalue weighted by atomic mass is 16.7. The van der Waals surface area contributed by atoms with Gasteiger partial charge in [-0.15, -0.1) is 0 Å². The minimum atomic E-state index is -0.331. The van der Waals surface area contributed by atoms with E-state index in [4.69, 9.17) is 9.47 Å². The molecular formula is C15H26N2O3. The molecule has 0 radical (unpaired) electrons. The average molecular weight is 282 g/mol. The second kappa shape index (κ2) is 6.41. The molecule has 0 aromatic carbocycles. The van der Waals surface area contributed by atoms with Gasteiger partial charge in [0.15, 0.2) is 5.79 Å². The van der Waals surface area contributed by atoms with E-state index in [0.29, 0.717) is 25.7 Å². The highest BCUT2D eigenvalue weighted by Gasteiger charge is 2.40. The average Bonchev–Trinajstić information content (AvgIpc) is 2.75. The van der Waals surface area contributed by atoms with E-state index in [0.717, 1.165) is 51.9 Å². The molecule has 0 unspecified atom stereocenters. The van der Waals surface area contributed by atoms with Gasteiger partial charge in [-0.3, -0.25) is 9.69 Å². The Bertz CT molecular complexity index is 324. The molecule has 3 aliphatic heterocycles. The molecule has 20 heavy (non-hydrogen) atoms. The van der Waals surface area contributed by atoms with Crippen LogP contribution >= 0.6 is 0 Å². The summed E-state index contributed by atoms with van der Waals surface area (Å²) in [5.41, 5.74) is 0. The van der Waals surface area contributed by atoms with Crippen molar-refractivity contribution < 1.29 is 14.3 Å². The van der Waals surface area contributed by atoms with Gasteiger partial charge in [0, 0.05) is 39.0 Å². The minimum Gasteiger partial charge on any atom is -0.347 e. The Morgan fingerprint density at radius 1 is 0.900 bits per heavy atom. The molecule has 0 N–H and O–H groups in total. The number of hydrogen-bond donors (Lipinski definition) is 0. The number of likely N-dealkylation sites (tertiary alicyclic amines) is 2. The molecule has 3 rings (SSSR count). The fourth-order valence-corrected chi connectivity index (χ4v) is 3.45. The molecule has 0 saturated carbocycles. The minimum absolute atomic E-state index is 0.302. The molecule has 5 heteroatoms. The molecule has 3 aliphatic rings. The Hall–Kier alpha value is -0.650. The van der Waals surface area contributed by atoms with E-state index in [2.05, 4.69) is 9.80 Å². The fraction of sp³-hybridized carbons (Fsp3) is 0.933. The van der Waals surface area contributed by atoms with Gasteiger partial charge < -0.3 is 14.4 Å². The van der Waals surface area contributed by atoms with Crippen molar-refractivity contribution in [1.29, 1.82) is 0 Å². The van der Waals surface area contributed by atoms with Crippen molar-refractivity contribution in [3.8, 4) is 0 Å². The fourth-order valence-electron chi connectivity index (χ4n) is 3.45. The van der Waals surface area contributed by atoms with Gasteiger partial charge >= 0.3 is 0 Å². The summed E-state index contributed by atoms with van der Waals surface area (Å²) >= 11 is 0. The van der Waals surface area contributed by atoms with Crippen LogP contribution in [0.1, 0.15) is 38.5 Å². The summed E-state index contributed by atoms with van der Waals surface area (Å²) in [6, 6.07) is 0. The van der Waals surface area contributed by atoms with E-state index in [1.54, 1.807) is 0 Å². The van der Waals surface area contributed by atoms with Gasteiger partial charge in [0.05, 0.1) is 19.8 Å². The van der Waals surface area contributed by atoms with Gasteiger partial charge in [-0.05, 0) is 12.8 Å². The summed E-state index contributed by atoms with van der Waals surface area (Å²) in [6.45, 7) is 5.69. The van der Waals surface area contributed by atoms with Gasteiger partial charge in [-0.2, -0.15) is 0 Å². The first-order valence-electron chi connectivity index (χ1n) is 8.06. The zero-order chi connectivity index (χ0) is 13.8. The third kappa shape index (κ3) is 3.32. The summed E-state index contributed by atoms with van der Waals surface area (Å²) in [6.07, 6.45) is 6.64. The molecule has 3 heterocycles. The summed E-state index contributed by atoms with van der Waals surface area (Å²) in [5.74, 6) is -0.0292. The van der Waals surface area contributed by atoms with Crippen LogP contribution in [0.5, 0.6) is 0 Å². The molecule has 5 nitrogen and oxygen atoms in total.